The Kier molecular flexibility index (Phi) is 3.46. The van der Waals surface area contributed by atoms with Crippen LogP contribution in [0.1, 0.15) is 25.7 Å². The highest BCUT2D eigenvalue weighted by atomic mass is 19.1. The van der Waals surface area contributed by atoms with E-state index < -0.39 is 17.5 Å². The van der Waals surface area contributed by atoms with Crippen molar-refractivity contribution in [2.45, 2.75) is 25.7 Å². The quantitative estimate of drug-likeness (QED) is 0.841. The minimum Gasteiger partial charge on any atom is -0.320 e. The van der Waals surface area contributed by atoms with Gasteiger partial charge < -0.3 is 10.6 Å². The van der Waals surface area contributed by atoms with Crippen LogP contribution >= 0.6 is 0 Å². The molecule has 0 bridgehead atoms. The van der Waals surface area contributed by atoms with Gasteiger partial charge in [-0.15, -0.1) is 0 Å². The Hall–Kier alpha value is -1.49. The first-order valence-corrected chi connectivity index (χ1v) is 7.05. The van der Waals surface area contributed by atoms with Gasteiger partial charge in [-0.1, -0.05) is 6.07 Å². The van der Waals surface area contributed by atoms with Gasteiger partial charge in [0.2, 0.25) is 5.91 Å². The molecule has 3 nitrogen and oxygen atoms in total. The van der Waals surface area contributed by atoms with Crippen molar-refractivity contribution in [1.29, 1.82) is 0 Å². The summed E-state index contributed by atoms with van der Waals surface area (Å²) in [5.41, 5.74) is 0.0337. The third-order valence-corrected chi connectivity index (χ3v) is 4.33. The molecule has 2 saturated carbocycles. The van der Waals surface area contributed by atoms with Crippen molar-refractivity contribution in [3.8, 4) is 0 Å². The predicted octanol–water partition coefficient (Wildman–Crippen LogP) is 2.68. The van der Waals surface area contributed by atoms with Crippen LogP contribution in [0.2, 0.25) is 0 Å². The number of nitrogens with one attached hydrogen (secondary N) is 2. The first-order valence-electron chi connectivity index (χ1n) is 7.05. The molecule has 5 heteroatoms. The number of benzene rings is 1. The Morgan fingerprint density at radius 3 is 2.45 bits per heavy atom. The number of anilines is 1. The van der Waals surface area contributed by atoms with Crippen LogP contribution in [0.4, 0.5) is 14.5 Å². The summed E-state index contributed by atoms with van der Waals surface area (Å²) >= 11 is 0. The standard InChI is InChI=1S/C15H18F2N2O/c16-11-2-1-3-12(17)14(11)19-13(20)8-18-9-15(6-7-15)10-4-5-10/h1-3,10,18H,4-9H2,(H,19,20). The Balaban J connectivity index is 1.47. The van der Waals surface area contributed by atoms with Gasteiger partial charge in [0, 0.05) is 6.54 Å². The zero-order valence-electron chi connectivity index (χ0n) is 11.2. The highest BCUT2D eigenvalue weighted by molar-refractivity contribution is 5.92. The topological polar surface area (TPSA) is 41.1 Å². The molecule has 1 aromatic carbocycles. The summed E-state index contributed by atoms with van der Waals surface area (Å²) in [5, 5.41) is 5.39. The first kappa shape index (κ1) is 13.5. The van der Waals surface area contributed by atoms with E-state index in [-0.39, 0.29) is 12.2 Å². The van der Waals surface area contributed by atoms with E-state index in [9.17, 15) is 13.6 Å². The van der Waals surface area contributed by atoms with Crippen LogP contribution in [-0.2, 0) is 4.79 Å². The Morgan fingerprint density at radius 2 is 1.90 bits per heavy atom. The molecule has 2 aliphatic carbocycles. The molecule has 1 amide bonds. The molecule has 0 saturated heterocycles. The van der Waals surface area contributed by atoms with Crippen molar-refractivity contribution in [2.75, 3.05) is 18.4 Å². The SMILES string of the molecule is O=C(CNCC1(C2CC2)CC1)Nc1c(F)cccc1F. The fourth-order valence-electron chi connectivity index (χ4n) is 2.81. The van der Waals surface area contributed by atoms with E-state index in [1.807, 2.05) is 0 Å². The lowest BCUT2D eigenvalue weighted by molar-refractivity contribution is -0.115. The minimum absolute atomic E-state index is 0.0856. The molecule has 0 aromatic heterocycles. The molecule has 20 heavy (non-hydrogen) atoms. The van der Waals surface area contributed by atoms with Crippen LogP contribution < -0.4 is 10.6 Å². The number of para-hydroxylation sites is 1. The number of carbonyl (C=O) groups is 1. The fourth-order valence-corrected chi connectivity index (χ4v) is 2.81. The van der Waals surface area contributed by atoms with E-state index >= 15 is 0 Å². The van der Waals surface area contributed by atoms with Gasteiger partial charge in [0.1, 0.15) is 17.3 Å². The van der Waals surface area contributed by atoms with Gasteiger partial charge in [0.25, 0.3) is 0 Å². The molecule has 0 heterocycles. The van der Waals surface area contributed by atoms with E-state index in [1.165, 1.54) is 31.7 Å². The van der Waals surface area contributed by atoms with E-state index in [4.69, 9.17) is 0 Å². The zero-order valence-corrected chi connectivity index (χ0v) is 11.2. The van der Waals surface area contributed by atoms with Crippen LogP contribution in [0.3, 0.4) is 0 Å². The van der Waals surface area contributed by atoms with Crippen LogP contribution in [-0.4, -0.2) is 19.0 Å². The maximum atomic E-state index is 13.4. The molecule has 2 aliphatic rings. The monoisotopic (exact) mass is 280 g/mol. The molecular formula is C15H18F2N2O. The normalized spacial score (nSPS) is 19.7. The summed E-state index contributed by atoms with van der Waals surface area (Å²) < 4.78 is 26.7. The van der Waals surface area contributed by atoms with Crippen molar-refractivity contribution in [3.63, 3.8) is 0 Å². The fraction of sp³-hybridized carbons (Fsp3) is 0.533. The molecular weight excluding hydrogens is 262 g/mol. The molecule has 3 rings (SSSR count). The molecule has 1 aromatic rings. The second kappa shape index (κ2) is 5.13. The smallest absolute Gasteiger partial charge is 0.238 e. The third kappa shape index (κ3) is 2.82. The third-order valence-electron chi connectivity index (χ3n) is 4.33. The summed E-state index contributed by atoms with van der Waals surface area (Å²) in [6.07, 6.45) is 5.06. The summed E-state index contributed by atoms with van der Waals surface area (Å²) in [7, 11) is 0. The Morgan fingerprint density at radius 1 is 1.25 bits per heavy atom. The number of rotatable bonds is 6. The lowest BCUT2D eigenvalue weighted by atomic mass is 10.0. The van der Waals surface area contributed by atoms with E-state index in [1.54, 1.807) is 0 Å². The highest BCUT2D eigenvalue weighted by Gasteiger charge is 2.53. The number of carbonyl (C=O) groups excluding carboxylic acids is 1. The number of amides is 1. The zero-order chi connectivity index (χ0) is 14.2. The first-order chi connectivity index (χ1) is 9.61. The largest absolute Gasteiger partial charge is 0.320 e. The van der Waals surface area contributed by atoms with Crippen molar-refractivity contribution in [2.24, 2.45) is 11.3 Å². The second-order valence-electron chi connectivity index (χ2n) is 5.89. The van der Waals surface area contributed by atoms with Gasteiger partial charge >= 0.3 is 0 Å². The van der Waals surface area contributed by atoms with Gasteiger partial charge in [-0.25, -0.2) is 8.78 Å². The summed E-state index contributed by atoms with van der Waals surface area (Å²) in [4.78, 5) is 11.7. The van der Waals surface area contributed by atoms with Gasteiger partial charge in [0.15, 0.2) is 0 Å². The summed E-state index contributed by atoms with van der Waals surface area (Å²) in [6.45, 7) is 0.910. The second-order valence-corrected chi connectivity index (χ2v) is 5.89. The Bertz CT molecular complexity index is 504. The van der Waals surface area contributed by atoms with Crippen LogP contribution in [0.15, 0.2) is 18.2 Å². The number of hydrogen-bond acceptors (Lipinski definition) is 2. The van der Waals surface area contributed by atoms with Gasteiger partial charge in [0.05, 0.1) is 6.54 Å². The molecule has 0 aliphatic heterocycles. The predicted molar refractivity (Wildman–Crippen MR) is 72.2 cm³/mol. The van der Waals surface area contributed by atoms with Gasteiger partial charge in [-0.2, -0.15) is 0 Å². The van der Waals surface area contributed by atoms with Crippen LogP contribution in [0.5, 0.6) is 0 Å². The highest BCUT2D eigenvalue weighted by Crippen LogP contribution is 2.60. The summed E-state index contributed by atoms with van der Waals surface area (Å²) in [6, 6.07) is 3.52. The van der Waals surface area contributed by atoms with Crippen molar-refractivity contribution >= 4 is 11.6 Å². The lowest BCUT2D eigenvalue weighted by Gasteiger charge is -2.15. The van der Waals surface area contributed by atoms with E-state index in [0.29, 0.717) is 5.41 Å². The van der Waals surface area contributed by atoms with Crippen molar-refractivity contribution in [3.05, 3.63) is 29.8 Å². The molecule has 2 fully saturated rings. The molecule has 0 radical (unpaired) electrons. The van der Waals surface area contributed by atoms with Crippen LogP contribution in [0.25, 0.3) is 0 Å². The van der Waals surface area contributed by atoms with Crippen molar-refractivity contribution < 1.29 is 13.6 Å². The van der Waals surface area contributed by atoms with E-state index in [2.05, 4.69) is 10.6 Å². The molecule has 108 valence electrons. The minimum atomic E-state index is -0.755. The van der Waals surface area contributed by atoms with E-state index in [0.717, 1.165) is 24.6 Å². The maximum Gasteiger partial charge on any atom is 0.238 e. The molecule has 0 spiro atoms. The number of halogens is 2. The van der Waals surface area contributed by atoms with Crippen LogP contribution in [0, 0.1) is 23.0 Å². The maximum absolute atomic E-state index is 13.4. The average Bonchev–Trinajstić information content (AvgIpc) is 3.25. The molecule has 0 unspecified atom stereocenters. The Labute approximate surface area is 116 Å². The lowest BCUT2D eigenvalue weighted by Crippen LogP contribution is -2.33. The van der Waals surface area contributed by atoms with Gasteiger partial charge in [-0.3, -0.25) is 4.79 Å². The van der Waals surface area contributed by atoms with Crippen molar-refractivity contribution in [1.82, 2.24) is 5.32 Å². The van der Waals surface area contributed by atoms with Gasteiger partial charge in [-0.05, 0) is 49.1 Å². The average molecular weight is 280 g/mol. The molecule has 0 atom stereocenters. The summed E-state index contributed by atoms with van der Waals surface area (Å²) in [5.74, 6) is -1.10. The molecule has 2 N–H and O–H groups in total. The number of hydrogen-bond donors (Lipinski definition) is 2.